The first-order valence-electron chi connectivity index (χ1n) is 11.2. The fraction of sp³-hybridized carbons (Fsp3) is 0.458. The highest BCUT2D eigenvalue weighted by Gasteiger charge is 2.32. The highest BCUT2D eigenvalue weighted by atomic mass is 32.2. The molecule has 0 aliphatic heterocycles. The molecular weight excluding hydrogens is 456 g/mol. The maximum Gasteiger partial charge on any atom is 0.269 e. The molecule has 7 nitrogen and oxygen atoms in total. The average molecular weight is 487 g/mol. The second-order valence-corrected chi connectivity index (χ2v) is 12.0. The van der Waals surface area contributed by atoms with E-state index in [1.54, 1.807) is 43.5 Å². The van der Waals surface area contributed by atoms with Crippen LogP contribution in [0.3, 0.4) is 0 Å². The summed E-state index contributed by atoms with van der Waals surface area (Å²) in [7, 11) is -1.73. The Kier molecular flexibility index (Phi) is 6.81. The van der Waals surface area contributed by atoms with Gasteiger partial charge in [0.05, 0.1) is 10.3 Å². The van der Waals surface area contributed by atoms with Crippen molar-refractivity contribution in [3.8, 4) is 0 Å². The molecule has 33 heavy (non-hydrogen) atoms. The van der Waals surface area contributed by atoms with Gasteiger partial charge >= 0.3 is 0 Å². The number of carbonyl (C=O) groups excluding carboxylic acids is 1. The summed E-state index contributed by atoms with van der Waals surface area (Å²) in [5.41, 5.74) is 1.38. The number of hydrogen-bond donors (Lipinski definition) is 0. The monoisotopic (exact) mass is 486 g/mol. The van der Waals surface area contributed by atoms with E-state index in [0.717, 1.165) is 41.8 Å². The average Bonchev–Trinajstić information content (AvgIpc) is 3.23. The zero-order chi connectivity index (χ0) is 23.8. The van der Waals surface area contributed by atoms with E-state index in [1.165, 1.54) is 22.1 Å². The highest BCUT2D eigenvalue weighted by Crippen LogP contribution is 2.37. The molecule has 3 atom stereocenters. The van der Waals surface area contributed by atoms with Crippen LogP contribution < -0.4 is 4.90 Å². The van der Waals surface area contributed by atoms with Crippen LogP contribution in [-0.4, -0.2) is 46.3 Å². The van der Waals surface area contributed by atoms with Crippen LogP contribution in [-0.2, 0) is 14.8 Å². The Morgan fingerprint density at radius 2 is 1.91 bits per heavy atom. The lowest BCUT2D eigenvalue weighted by atomic mass is 9.79. The number of carbonyl (C=O) groups is 1. The minimum absolute atomic E-state index is 0.176. The number of rotatable bonds is 6. The predicted octanol–water partition coefficient (Wildman–Crippen LogP) is 4.50. The quantitative estimate of drug-likeness (QED) is 0.507. The van der Waals surface area contributed by atoms with E-state index in [2.05, 4.69) is 21.8 Å². The molecule has 0 spiro atoms. The summed E-state index contributed by atoms with van der Waals surface area (Å²) in [6, 6.07) is 8.90. The number of thioether (sulfide) groups is 1. The summed E-state index contributed by atoms with van der Waals surface area (Å²) in [6.07, 6.45) is 6.14. The first-order valence-corrected chi connectivity index (χ1v) is 13.6. The molecule has 4 rings (SSSR count). The predicted molar refractivity (Wildman–Crippen MR) is 133 cm³/mol. The molecule has 2 heterocycles. The van der Waals surface area contributed by atoms with Gasteiger partial charge in [-0.25, -0.2) is 22.4 Å². The number of fused-ring (bicyclic) bond motifs is 1. The van der Waals surface area contributed by atoms with Crippen molar-refractivity contribution in [2.45, 2.75) is 51.0 Å². The number of anilines is 1. The highest BCUT2D eigenvalue weighted by molar-refractivity contribution is 8.13. The first-order chi connectivity index (χ1) is 15.7. The van der Waals surface area contributed by atoms with E-state index in [4.69, 9.17) is 0 Å². The van der Waals surface area contributed by atoms with Crippen LogP contribution in [0.1, 0.15) is 38.7 Å². The normalized spacial score (nSPS) is 21.3. The van der Waals surface area contributed by atoms with Gasteiger partial charge in [0.15, 0.2) is 10.8 Å². The fourth-order valence-electron chi connectivity index (χ4n) is 4.82. The third-order valence-corrected chi connectivity index (χ3v) is 9.32. The lowest BCUT2D eigenvalue weighted by Gasteiger charge is -2.40. The van der Waals surface area contributed by atoms with Crippen molar-refractivity contribution >= 4 is 43.8 Å². The Hall–Kier alpha value is -2.39. The van der Waals surface area contributed by atoms with Gasteiger partial charge in [-0.05, 0) is 56.2 Å². The molecule has 0 saturated heterocycles. The second kappa shape index (κ2) is 9.46. The molecule has 1 aliphatic rings. The zero-order valence-corrected chi connectivity index (χ0v) is 21.1. The summed E-state index contributed by atoms with van der Waals surface area (Å²) in [5, 5.41) is 0.896. The van der Waals surface area contributed by atoms with E-state index in [1.807, 2.05) is 14.0 Å². The minimum Gasteiger partial charge on any atom is -0.356 e. The molecule has 2 unspecified atom stereocenters. The molecule has 1 fully saturated rings. The molecule has 176 valence electrons. The van der Waals surface area contributed by atoms with Crippen LogP contribution in [0.5, 0.6) is 0 Å². The van der Waals surface area contributed by atoms with Gasteiger partial charge in [-0.15, -0.1) is 0 Å². The lowest BCUT2D eigenvalue weighted by Crippen LogP contribution is -2.41. The van der Waals surface area contributed by atoms with Crippen molar-refractivity contribution in [3.63, 3.8) is 0 Å². The smallest absolute Gasteiger partial charge is 0.269 e. The molecule has 0 bridgehead atoms. The van der Waals surface area contributed by atoms with Crippen molar-refractivity contribution < 1.29 is 13.2 Å². The van der Waals surface area contributed by atoms with Gasteiger partial charge in [0, 0.05) is 32.0 Å². The third-order valence-electron chi connectivity index (χ3n) is 6.59. The van der Waals surface area contributed by atoms with Crippen LogP contribution in [0.2, 0.25) is 0 Å². The Morgan fingerprint density at radius 1 is 1.18 bits per heavy atom. The summed E-state index contributed by atoms with van der Waals surface area (Å²) in [6.45, 7) is 5.80. The van der Waals surface area contributed by atoms with E-state index >= 15 is 0 Å². The van der Waals surface area contributed by atoms with E-state index in [0.29, 0.717) is 23.5 Å². The maximum absolute atomic E-state index is 13.3. The molecule has 1 saturated carbocycles. The van der Waals surface area contributed by atoms with Crippen molar-refractivity contribution in [1.29, 1.82) is 0 Å². The zero-order valence-electron chi connectivity index (χ0n) is 19.4. The van der Waals surface area contributed by atoms with E-state index in [-0.39, 0.29) is 10.0 Å². The van der Waals surface area contributed by atoms with E-state index < -0.39 is 10.0 Å². The van der Waals surface area contributed by atoms with Crippen molar-refractivity contribution in [3.05, 3.63) is 48.4 Å². The molecule has 0 amide bonds. The van der Waals surface area contributed by atoms with Gasteiger partial charge in [0.25, 0.3) is 10.0 Å². The molecule has 0 N–H and O–H groups in total. The number of nitrogens with zero attached hydrogens (tertiary/aromatic N) is 4. The summed E-state index contributed by atoms with van der Waals surface area (Å²) < 4.78 is 27.8. The minimum atomic E-state index is -3.76. The number of hydrogen-bond acceptors (Lipinski definition) is 7. The van der Waals surface area contributed by atoms with Crippen molar-refractivity contribution in [1.82, 2.24) is 13.9 Å². The molecule has 2 aromatic heterocycles. The maximum atomic E-state index is 13.3. The van der Waals surface area contributed by atoms with Crippen LogP contribution in [0, 0.1) is 18.8 Å². The molecule has 1 aliphatic carbocycles. The van der Waals surface area contributed by atoms with Gasteiger partial charge in [-0.1, -0.05) is 36.4 Å². The van der Waals surface area contributed by atoms with Gasteiger partial charge in [0.1, 0.15) is 12.1 Å². The van der Waals surface area contributed by atoms with Gasteiger partial charge in [-0.2, -0.15) is 0 Å². The number of aromatic nitrogens is 3. The Morgan fingerprint density at radius 3 is 2.58 bits per heavy atom. The molecule has 9 heteroatoms. The van der Waals surface area contributed by atoms with E-state index in [9.17, 15) is 13.2 Å². The number of benzene rings is 1. The molecular formula is C24H30N4O3S2. The Balaban J connectivity index is 1.60. The summed E-state index contributed by atoms with van der Waals surface area (Å²) >= 11 is 1.42. The topological polar surface area (TPSA) is 85.2 Å². The van der Waals surface area contributed by atoms with Gasteiger partial charge in [-0.3, -0.25) is 4.79 Å². The third kappa shape index (κ3) is 4.80. The van der Waals surface area contributed by atoms with Gasteiger partial charge < -0.3 is 4.90 Å². The van der Waals surface area contributed by atoms with Crippen LogP contribution in [0.15, 0.2) is 47.8 Å². The van der Waals surface area contributed by atoms with Crippen LogP contribution >= 0.6 is 11.8 Å². The van der Waals surface area contributed by atoms with Crippen LogP contribution in [0.4, 0.5) is 5.82 Å². The van der Waals surface area contributed by atoms with Crippen molar-refractivity contribution in [2.75, 3.05) is 17.7 Å². The SMILES string of the molecule is CC(=O)SCC1CCC(N(C)c2ncnc3c2ccn3S(=O)(=O)c2ccc(C)cc2)[C@@H](C)C1. The fourth-order valence-corrected chi connectivity index (χ4v) is 6.90. The summed E-state index contributed by atoms with van der Waals surface area (Å²) in [5.74, 6) is 2.61. The largest absolute Gasteiger partial charge is 0.356 e. The first kappa shape index (κ1) is 23.8. The molecule has 3 aromatic rings. The van der Waals surface area contributed by atoms with Crippen LogP contribution in [0.25, 0.3) is 11.0 Å². The van der Waals surface area contributed by atoms with Crippen molar-refractivity contribution in [2.24, 2.45) is 11.8 Å². The molecule has 1 aromatic carbocycles. The standard InChI is InChI=1S/C24H30N4O3S2/c1-16-5-8-20(9-6-16)33(30,31)28-12-11-21-23(25-15-26-24(21)28)27(4)22-10-7-19(13-17(22)2)14-32-18(3)29/h5-6,8-9,11-12,15,17,19,22H,7,10,13-14H2,1-4H3/t17-,19?,22?/m0/s1. The lowest BCUT2D eigenvalue weighted by molar-refractivity contribution is -0.109. The molecule has 0 radical (unpaired) electrons. The Bertz CT molecular complexity index is 1250. The second-order valence-electron chi connectivity index (χ2n) is 9.00. The van der Waals surface area contributed by atoms with Gasteiger partial charge in [0.2, 0.25) is 0 Å². The summed E-state index contributed by atoms with van der Waals surface area (Å²) in [4.78, 5) is 22.6. The Labute approximate surface area is 199 Å². The number of aryl methyl sites for hydroxylation is 1.